The van der Waals surface area contributed by atoms with Gasteiger partial charge in [0, 0.05) is 25.2 Å². The van der Waals surface area contributed by atoms with Crippen molar-refractivity contribution in [3.63, 3.8) is 0 Å². The Morgan fingerprint density at radius 1 is 1.19 bits per heavy atom. The standard InChI is InChI=1S/C20H28N2O4/c1-20(2,3)12-17(23)21-16-8-6-14(7-9-16)11-18(24)22-10-4-5-15(13-22)19(25)26/h6-9,15H,4-5,10-13H2,1-3H3,(H,21,23)(H,25,26). The van der Waals surface area contributed by atoms with Gasteiger partial charge in [-0.3, -0.25) is 14.4 Å². The second-order valence-corrected chi connectivity index (χ2v) is 8.18. The number of amides is 2. The Hall–Kier alpha value is -2.37. The zero-order chi connectivity index (χ0) is 19.3. The summed E-state index contributed by atoms with van der Waals surface area (Å²) in [5, 5.41) is 12.0. The number of aliphatic carboxylic acids is 1. The highest BCUT2D eigenvalue weighted by Gasteiger charge is 2.28. The highest BCUT2D eigenvalue weighted by Crippen LogP contribution is 2.21. The van der Waals surface area contributed by atoms with Crippen LogP contribution in [-0.2, 0) is 20.8 Å². The van der Waals surface area contributed by atoms with Gasteiger partial charge in [-0.05, 0) is 36.0 Å². The molecule has 1 aromatic rings. The van der Waals surface area contributed by atoms with Crippen LogP contribution in [-0.4, -0.2) is 40.9 Å². The summed E-state index contributed by atoms with van der Waals surface area (Å²) in [4.78, 5) is 37.1. The SMILES string of the molecule is CC(C)(C)CC(=O)Nc1ccc(CC(=O)N2CCCC(C(=O)O)C2)cc1. The molecule has 0 aromatic heterocycles. The van der Waals surface area contributed by atoms with Gasteiger partial charge in [-0.25, -0.2) is 0 Å². The van der Waals surface area contributed by atoms with Crippen LogP contribution in [0.15, 0.2) is 24.3 Å². The largest absolute Gasteiger partial charge is 0.481 e. The zero-order valence-electron chi connectivity index (χ0n) is 15.7. The molecule has 1 aliphatic heterocycles. The van der Waals surface area contributed by atoms with Crippen molar-refractivity contribution in [1.29, 1.82) is 0 Å². The molecule has 1 aromatic carbocycles. The molecular formula is C20H28N2O4. The van der Waals surface area contributed by atoms with Crippen molar-refractivity contribution < 1.29 is 19.5 Å². The molecule has 2 N–H and O–H groups in total. The Balaban J connectivity index is 1.89. The number of carboxylic acid groups (broad SMARTS) is 1. The van der Waals surface area contributed by atoms with Gasteiger partial charge in [0.1, 0.15) is 0 Å². The molecule has 2 amide bonds. The van der Waals surface area contributed by atoms with Gasteiger partial charge in [-0.2, -0.15) is 0 Å². The van der Waals surface area contributed by atoms with E-state index in [0.29, 0.717) is 25.1 Å². The molecule has 2 rings (SSSR count). The number of carbonyl (C=O) groups is 3. The first-order valence-corrected chi connectivity index (χ1v) is 9.03. The van der Waals surface area contributed by atoms with Crippen LogP contribution in [0.3, 0.4) is 0 Å². The van der Waals surface area contributed by atoms with Crippen LogP contribution in [0.1, 0.15) is 45.6 Å². The molecular weight excluding hydrogens is 332 g/mol. The zero-order valence-corrected chi connectivity index (χ0v) is 15.7. The number of carboxylic acids is 1. The molecule has 1 fully saturated rings. The van der Waals surface area contributed by atoms with E-state index in [1.54, 1.807) is 17.0 Å². The lowest BCUT2D eigenvalue weighted by Gasteiger charge is -2.30. The van der Waals surface area contributed by atoms with Gasteiger partial charge in [0.15, 0.2) is 0 Å². The number of nitrogens with one attached hydrogen (secondary N) is 1. The van der Waals surface area contributed by atoms with Crippen LogP contribution in [0.2, 0.25) is 0 Å². The predicted octanol–water partition coefficient (Wildman–Crippen LogP) is 2.93. The van der Waals surface area contributed by atoms with E-state index >= 15 is 0 Å². The minimum atomic E-state index is -0.835. The highest BCUT2D eigenvalue weighted by atomic mass is 16.4. The van der Waals surface area contributed by atoms with E-state index in [1.807, 2.05) is 32.9 Å². The average molecular weight is 360 g/mol. The lowest BCUT2D eigenvalue weighted by molar-refractivity contribution is -0.145. The second kappa shape index (κ2) is 8.34. The number of carbonyl (C=O) groups excluding carboxylic acids is 2. The first kappa shape index (κ1) is 19.9. The Bertz CT molecular complexity index is 661. The number of anilines is 1. The lowest BCUT2D eigenvalue weighted by atomic mass is 9.92. The molecule has 0 radical (unpaired) electrons. The maximum Gasteiger partial charge on any atom is 0.308 e. The van der Waals surface area contributed by atoms with Crippen LogP contribution in [0.5, 0.6) is 0 Å². The van der Waals surface area contributed by atoms with Crippen molar-refractivity contribution in [3.05, 3.63) is 29.8 Å². The summed E-state index contributed by atoms with van der Waals surface area (Å²) in [6.45, 7) is 6.93. The quantitative estimate of drug-likeness (QED) is 0.845. The van der Waals surface area contributed by atoms with Crippen LogP contribution in [0, 0.1) is 11.3 Å². The van der Waals surface area contributed by atoms with Gasteiger partial charge in [-0.1, -0.05) is 32.9 Å². The normalized spacial score (nSPS) is 17.7. The van der Waals surface area contributed by atoms with Crippen molar-refractivity contribution in [1.82, 2.24) is 4.90 Å². The number of nitrogens with zero attached hydrogens (tertiary/aromatic N) is 1. The Morgan fingerprint density at radius 2 is 1.85 bits per heavy atom. The molecule has 0 spiro atoms. The van der Waals surface area contributed by atoms with E-state index in [1.165, 1.54) is 0 Å². The summed E-state index contributed by atoms with van der Waals surface area (Å²) in [5.41, 5.74) is 1.49. The van der Waals surface area contributed by atoms with Crippen molar-refractivity contribution in [3.8, 4) is 0 Å². The summed E-state index contributed by atoms with van der Waals surface area (Å²) in [5.74, 6) is -1.39. The lowest BCUT2D eigenvalue weighted by Crippen LogP contribution is -2.42. The Morgan fingerprint density at radius 3 is 2.42 bits per heavy atom. The first-order chi connectivity index (χ1) is 12.1. The molecule has 0 aliphatic carbocycles. The molecule has 1 unspecified atom stereocenters. The molecule has 142 valence electrons. The molecule has 1 heterocycles. The van der Waals surface area contributed by atoms with Crippen molar-refractivity contribution in [2.45, 2.75) is 46.5 Å². The second-order valence-electron chi connectivity index (χ2n) is 8.18. The topological polar surface area (TPSA) is 86.7 Å². The fraction of sp³-hybridized carbons (Fsp3) is 0.550. The van der Waals surface area contributed by atoms with Crippen molar-refractivity contribution in [2.24, 2.45) is 11.3 Å². The number of piperidine rings is 1. The fourth-order valence-electron chi connectivity index (χ4n) is 3.08. The fourth-order valence-corrected chi connectivity index (χ4v) is 3.08. The number of rotatable bonds is 5. The van der Waals surface area contributed by atoms with Crippen LogP contribution >= 0.6 is 0 Å². The molecule has 0 bridgehead atoms. The highest BCUT2D eigenvalue weighted by molar-refractivity contribution is 5.91. The van der Waals surface area contributed by atoms with E-state index < -0.39 is 11.9 Å². The summed E-state index contributed by atoms with van der Waals surface area (Å²) in [7, 11) is 0. The molecule has 1 aliphatic rings. The Kier molecular flexibility index (Phi) is 6.40. The molecule has 6 heteroatoms. The maximum atomic E-state index is 12.4. The number of hydrogen-bond acceptors (Lipinski definition) is 3. The molecule has 0 saturated carbocycles. The van der Waals surface area contributed by atoms with Gasteiger partial charge in [0.25, 0.3) is 0 Å². The minimum absolute atomic E-state index is 0.0330. The predicted molar refractivity (Wildman–Crippen MR) is 99.8 cm³/mol. The Labute approximate surface area is 154 Å². The van der Waals surface area contributed by atoms with E-state index in [4.69, 9.17) is 5.11 Å². The molecule has 26 heavy (non-hydrogen) atoms. The van der Waals surface area contributed by atoms with Gasteiger partial charge in [-0.15, -0.1) is 0 Å². The summed E-state index contributed by atoms with van der Waals surface area (Å²) >= 11 is 0. The number of hydrogen-bond donors (Lipinski definition) is 2. The molecule has 1 saturated heterocycles. The van der Waals surface area contributed by atoms with Gasteiger partial charge in [0.05, 0.1) is 12.3 Å². The van der Waals surface area contributed by atoms with Crippen molar-refractivity contribution in [2.75, 3.05) is 18.4 Å². The minimum Gasteiger partial charge on any atom is -0.481 e. The van der Waals surface area contributed by atoms with E-state index in [2.05, 4.69) is 5.32 Å². The maximum absolute atomic E-state index is 12.4. The monoisotopic (exact) mass is 360 g/mol. The molecule has 1 atom stereocenters. The number of likely N-dealkylation sites (tertiary alicyclic amines) is 1. The number of benzene rings is 1. The van der Waals surface area contributed by atoms with Gasteiger partial charge < -0.3 is 15.3 Å². The van der Waals surface area contributed by atoms with E-state index in [9.17, 15) is 14.4 Å². The smallest absolute Gasteiger partial charge is 0.308 e. The van der Waals surface area contributed by atoms with Gasteiger partial charge >= 0.3 is 5.97 Å². The first-order valence-electron chi connectivity index (χ1n) is 9.03. The van der Waals surface area contributed by atoms with E-state index in [-0.39, 0.29) is 30.2 Å². The van der Waals surface area contributed by atoms with Crippen LogP contribution in [0.4, 0.5) is 5.69 Å². The third-order valence-electron chi connectivity index (χ3n) is 4.41. The third-order valence-corrected chi connectivity index (χ3v) is 4.41. The van der Waals surface area contributed by atoms with Gasteiger partial charge in [0.2, 0.25) is 11.8 Å². The summed E-state index contributed by atoms with van der Waals surface area (Å²) in [6, 6.07) is 7.23. The van der Waals surface area contributed by atoms with Crippen LogP contribution in [0.25, 0.3) is 0 Å². The summed E-state index contributed by atoms with van der Waals surface area (Å²) < 4.78 is 0. The third kappa shape index (κ3) is 6.17. The van der Waals surface area contributed by atoms with Crippen molar-refractivity contribution >= 4 is 23.5 Å². The van der Waals surface area contributed by atoms with Crippen LogP contribution < -0.4 is 5.32 Å². The average Bonchev–Trinajstić information content (AvgIpc) is 2.55. The van der Waals surface area contributed by atoms with E-state index in [0.717, 1.165) is 12.0 Å². The molecule has 6 nitrogen and oxygen atoms in total. The summed E-state index contributed by atoms with van der Waals surface area (Å²) in [6.07, 6.45) is 2.03.